The van der Waals surface area contributed by atoms with Crippen molar-refractivity contribution in [1.29, 1.82) is 0 Å². The number of benzene rings is 2. The van der Waals surface area contributed by atoms with Crippen LogP contribution in [0.25, 0.3) is 16.6 Å². The highest BCUT2D eigenvalue weighted by molar-refractivity contribution is 6.10. The maximum Gasteiger partial charge on any atom is 0.263 e. The second kappa shape index (κ2) is 7.18. The standard InChI is InChI=1S/C21H13F4N3O2/c1-10-7-8-28-12(9-10)14(21(30)27-28)20(29)26-19-17(24)15(22)13(16(23)18(19)25)11-5-3-2-4-6-11/h2-9H,1H3,(H,26,29)(H,27,30). The van der Waals surface area contributed by atoms with E-state index in [1.54, 1.807) is 19.1 Å². The zero-order valence-corrected chi connectivity index (χ0v) is 15.4. The molecule has 30 heavy (non-hydrogen) atoms. The van der Waals surface area contributed by atoms with E-state index in [1.165, 1.54) is 41.0 Å². The molecule has 0 unspecified atom stereocenters. The van der Waals surface area contributed by atoms with Gasteiger partial charge in [0.1, 0.15) is 11.3 Å². The van der Waals surface area contributed by atoms with Crippen LogP contribution in [0, 0.1) is 30.2 Å². The number of rotatable bonds is 3. The predicted molar refractivity (Wildman–Crippen MR) is 101 cm³/mol. The minimum atomic E-state index is -1.77. The van der Waals surface area contributed by atoms with Gasteiger partial charge in [0.2, 0.25) is 5.88 Å². The molecule has 9 heteroatoms. The number of nitrogens with one attached hydrogen (secondary N) is 1. The number of aromatic hydroxyl groups is 1. The van der Waals surface area contributed by atoms with Crippen molar-refractivity contribution in [2.75, 3.05) is 5.32 Å². The van der Waals surface area contributed by atoms with Gasteiger partial charge in [-0.1, -0.05) is 30.3 Å². The van der Waals surface area contributed by atoms with Crippen LogP contribution < -0.4 is 5.32 Å². The van der Waals surface area contributed by atoms with Gasteiger partial charge in [-0.15, -0.1) is 5.10 Å². The molecule has 0 fully saturated rings. The van der Waals surface area contributed by atoms with Gasteiger partial charge in [-0.05, 0) is 30.2 Å². The van der Waals surface area contributed by atoms with Gasteiger partial charge in [0.25, 0.3) is 5.91 Å². The Morgan fingerprint density at radius 1 is 1.00 bits per heavy atom. The summed E-state index contributed by atoms with van der Waals surface area (Å²) in [5.41, 5.74) is -1.80. The van der Waals surface area contributed by atoms with Crippen molar-refractivity contribution in [1.82, 2.24) is 9.61 Å². The quantitative estimate of drug-likeness (QED) is 0.372. The molecular formula is C21H13F4N3O2. The van der Waals surface area contributed by atoms with Crippen LogP contribution in [-0.2, 0) is 0 Å². The van der Waals surface area contributed by atoms with Gasteiger partial charge in [0, 0.05) is 6.20 Å². The number of pyridine rings is 1. The van der Waals surface area contributed by atoms with Gasteiger partial charge in [0.05, 0.1) is 11.1 Å². The Morgan fingerprint density at radius 2 is 1.63 bits per heavy atom. The van der Waals surface area contributed by atoms with E-state index in [0.29, 0.717) is 0 Å². The third-order valence-corrected chi connectivity index (χ3v) is 4.56. The van der Waals surface area contributed by atoms with Gasteiger partial charge >= 0.3 is 0 Å². The van der Waals surface area contributed by atoms with E-state index in [1.807, 2.05) is 5.32 Å². The first-order chi connectivity index (χ1) is 14.3. The smallest absolute Gasteiger partial charge is 0.263 e. The second-order valence-electron chi connectivity index (χ2n) is 6.56. The summed E-state index contributed by atoms with van der Waals surface area (Å²) >= 11 is 0. The average molecular weight is 415 g/mol. The van der Waals surface area contributed by atoms with E-state index in [0.717, 1.165) is 5.56 Å². The molecule has 0 aliphatic carbocycles. The number of nitrogens with zero attached hydrogens (tertiary/aromatic N) is 2. The third kappa shape index (κ3) is 3.04. The summed E-state index contributed by atoms with van der Waals surface area (Å²) in [6, 6.07) is 10.2. The van der Waals surface area contributed by atoms with Crippen molar-refractivity contribution in [3.63, 3.8) is 0 Å². The largest absolute Gasteiger partial charge is 0.492 e. The molecule has 4 aromatic rings. The summed E-state index contributed by atoms with van der Waals surface area (Å²) in [6.45, 7) is 1.72. The molecule has 0 aliphatic heterocycles. The number of hydrogen-bond acceptors (Lipinski definition) is 3. The molecule has 152 valence electrons. The topological polar surface area (TPSA) is 66.6 Å². The molecule has 0 spiro atoms. The van der Waals surface area contributed by atoms with E-state index in [4.69, 9.17) is 0 Å². The zero-order valence-electron chi connectivity index (χ0n) is 15.4. The highest BCUT2D eigenvalue weighted by Gasteiger charge is 2.29. The van der Waals surface area contributed by atoms with Gasteiger partial charge in [-0.2, -0.15) is 0 Å². The summed E-state index contributed by atoms with van der Waals surface area (Å²) in [5.74, 6) is -8.75. The molecule has 0 saturated carbocycles. The van der Waals surface area contributed by atoms with Gasteiger partial charge in [0.15, 0.2) is 23.3 Å². The average Bonchev–Trinajstić information content (AvgIpc) is 3.05. The first-order valence-electron chi connectivity index (χ1n) is 8.70. The Labute approximate surface area is 167 Å². The Bertz CT molecular complexity index is 1270. The Kier molecular flexibility index (Phi) is 4.65. The van der Waals surface area contributed by atoms with Crippen molar-refractivity contribution in [2.45, 2.75) is 6.92 Å². The first-order valence-corrected chi connectivity index (χ1v) is 8.70. The molecule has 4 rings (SSSR count). The fourth-order valence-electron chi connectivity index (χ4n) is 3.13. The van der Waals surface area contributed by atoms with Crippen LogP contribution in [-0.4, -0.2) is 20.6 Å². The molecule has 2 aromatic heterocycles. The number of halogens is 4. The van der Waals surface area contributed by atoms with E-state index in [2.05, 4.69) is 5.10 Å². The number of aryl methyl sites for hydroxylation is 1. The molecule has 5 nitrogen and oxygen atoms in total. The Balaban J connectivity index is 1.81. The minimum Gasteiger partial charge on any atom is -0.492 e. The lowest BCUT2D eigenvalue weighted by molar-refractivity contribution is 0.102. The summed E-state index contributed by atoms with van der Waals surface area (Å²) in [4.78, 5) is 12.6. The first kappa shape index (κ1) is 19.4. The summed E-state index contributed by atoms with van der Waals surface area (Å²) < 4.78 is 59.5. The molecule has 2 aromatic carbocycles. The maximum absolute atomic E-state index is 14.6. The normalized spacial score (nSPS) is 11.1. The third-order valence-electron chi connectivity index (χ3n) is 4.56. The predicted octanol–water partition coefficient (Wildman–Crippen LogP) is 4.82. The molecule has 1 amide bonds. The lowest BCUT2D eigenvalue weighted by Gasteiger charge is -2.13. The van der Waals surface area contributed by atoms with E-state index in [-0.39, 0.29) is 11.1 Å². The number of carbonyl (C=O) groups excluding carboxylic acids is 1. The fraction of sp³-hybridized carbons (Fsp3) is 0.0476. The highest BCUT2D eigenvalue weighted by atomic mass is 19.2. The van der Waals surface area contributed by atoms with E-state index < -0.39 is 51.9 Å². The molecule has 0 saturated heterocycles. The summed E-state index contributed by atoms with van der Waals surface area (Å²) in [7, 11) is 0. The second-order valence-corrected chi connectivity index (χ2v) is 6.56. The van der Waals surface area contributed by atoms with E-state index >= 15 is 0 Å². The fourth-order valence-corrected chi connectivity index (χ4v) is 3.13. The summed E-state index contributed by atoms with van der Waals surface area (Å²) in [5, 5.41) is 15.5. The van der Waals surface area contributed by atoms with Crippen molar-refractivity contribution in [2.24, 2.45) is 0 Å². The zero-order chi connectivity index (χ0) is 21.6. The number of amides is 1. The number of aromatic nitrogens is 2. The summed E-state index contributed by atoms with van der Waals surface area (Å²) in [6.07, 6.45) is 1.47. The van der Waals surface area contributed by atoms with Gasteiger partial charge in [-0.25, -0.2) is 22.1 Å². The van der Waals surface area contributed by atoms with Crippen LogP contribution in [0.2, 0.25) is 0 Å². The van der Waals surface area contributed by atoms with Gasteiger partial charge in [-0.3, -0.25) is 4.79 Å². The molecule has 0 bridgehead atoms. The molecule has 0 aliphatic rings. The SMILES string of the molecule is Cc1ccn2nc(O)c(C(=O)Nc3c(F)c(F)c(-c4ccccc4)c(F)c3F)c2c1. The minimum absolute atomic E-state index is 0.0704. The van der Waals surface area contributed by atoms with Gasteiger partial charge < -0.3 is 10.4 Å². The van der Waals surface area contributed by atoms with Crippen LogP contribution in [0.5, 0.6) is 5.88 Å². The van der Waals surface area contributed by atoms with Crippen LogP contribution >= 0.6 is 0 Å². The number of hydrogen-bond donors (Lipinski definition) is 2. The number of fused-ring (bicyclic) bond motifs is 1. The molecule has 0 atom stereocenters. The molecule has 2 N–H and O–H groups in total. The van der Waals surface area contributed by atoms with Crippen molar-refractivity contribution >= 4 is 17.1 Å². The molecule has 0 radical (unpaired) electrons. The van der Waals surface area contributed by atoms with Crippen molar-refractivity contribution in [3.8, 4) is 17.0 Å². The van der Waals surface area contributed by atoms with Crippen LogP contribution in [0.15, 0.2) is 48.7 Å². The van der Waals surface area contributed by atoms with Crippen LogP contribution in [0.1, 0.15) is 15.9 Å². The highest BCUT2D eigenvalue weighted by Crippen LogP contribution is 2.35. The Morgan fingerprint density at radius 3 is 2.27 bits per heavy atom. The monoisotopic (exact) mass is 415 g/mol. The van der Waals surface area contributed by atoms with Crippen molar-refractivity contribution < 1.29 is 27.5 Å². The van der Waals surface area contributed by atoms with Crippen LogP contribution in [0.3, 0.4) is 0 Å². The lowest BCUT2D eigenvalue weighted by Crippen LogP contribution is -2.16. The maximum atomic E-state index is 14.6. The molecular weight excluding hydrogens is 402 g/mol. The van der Waals surface area contributed by atoms with Crippen molar-refractivity contribution in [3.05, 3.63) is 83.1 Å². The number of carbonyl (C=O) groups is 1. The van der Waals surface area contributed by atoms with Crippen LogP contribution in [0.4, 0.5) is 23.2 Å². The lowest BCUT2D eigenvalue weighted by atomic mass is 10.0. The Hall–Kier alpha value is -3.88. The number of anilines is 1. The molecule has 2 heterocycles. The van der Waals surface area contributed by atoms with E-state index in [9.17, 15) is 27.5 Å².